The van der Waals surface area contributed by atoms with Crippen molar-refractivity contribution in [2.45, 2.75) is 64.6 Å². The first-order valence-corrected chi connectivity index (χ1v) is 6.71. The molecule has 0 heterocycles. The van der Waals surface area contributed by atoms with Crippen LogP contribution in [0.5, 0.6) is 0 Å². The Morgan fingerprint density at radius 1 is 1.41 bits per heavy atom. The molecule has 0 unspecified atom stereocenters. The quantitative estimate of drug-likeness (QED) is 0.728. The Morgan fingerprint density at radius 3 is 2.71 bits per heavy atom. The van der Waals surface area contributed by atoms with E-state index in [9.17, 15) is 9.90 Å². The molecule has 1 aliphatic carbocycles. The number of carbonyl (C=O) groups excluding carboxylic acids is 1. The molecule has 1 N–H and O–H groups in total. The molecular weight excluding hydrogens is 216 g/mol. The van der Waals surface area contributed by atoms with Gasteiger partial charge in [-0.15, -0.1) is 0 Å². The first kappa shape index (κ1) is 14.7. The molecule has 0 amide bonds. The zero-order valence-corrected chi connectivity index (χ0v) is 11.3. The average Bonchev–Trinajstić information content (AvgIpc) is 2.22. The summed E-state index contributed by atoms with van der Waals surface area (Å²) in [5.74, 6) is 0.934. The Morgan fingerprint density at radius 2 is 2.12 bits per heavy atom. The van der Waals surface area contributed by atoms with Crippen LogP contribution in [0.2, 0.25) is 0 Å². The van der Waals surface area contributed by atoms with Gasteiger partial charge < -0.3 is 14.6 Å². The predicted octanol–water partition coefficient (Wildman–Crippen LogP) is 2.56. The Balaban J connectivity index is 2.34. The molecule has 3 atom stereocenters. The third-order valence-electron chi connectivity index (χ3n) is 3.84. The van der Waals surface area contributed by atoms with Crippen molar-refractivity contribution in [3.63, 3.8) is 0 Å². The summed E-state index contributed by atoms with van der Waals surface area (Å²) in [6.45, 7) is 6.39. The fourth-order valence-electron chi connectivity index (χ4n) is 2.56. The fourth-order valence-corrected chi connectivity index (χ4v) is 2.56. The highest BCUT2D eigenvalue weighted by atomic mass is 16.5. The molecule has 0 aliphatic heterocycles. The lowest BCUT2D eigenvalue weighted by Gasteiger charge is -2.35. The van der Waals surface area contributed by atoms with Crippen molar-refractivity contribution in [2.24, 2.45) is 11.8 Å². The molecule has 0 radical (unpaired) electrons. The van der Waals surface area contributed by atoms with Gasteiger partial charge in [0.2, 0.25) is 0 Å². The van der Waals surface area contributed by atoms with E-state index in [0.717, 1.165) is 25.5 Å². The predicted molar refractivity (Wildman–Crippen MR) is 67.8 cm³/mol. The summed E-state index contributed by atoms with van der Waals surface area (Å²) in [6.07, 6.45) is 5.99. The normalized spacial score (nSPS) is 30.2. The van der Waals surface area contributed by atoms with Crippen LogP contribution in [-0.4, -0.2) is 29.7 Å². The van der Waals surface area contributed by atoms with Gasteiger partial charge in [0.1, 0.15) is 6.29 Å². The minimum absolute atomic E-state index is 0.260. The maximum absolute atomic E-state index is 10.6. The molecule has 0 aromatic carbocycles. The largest absolute Gasteiger partial charge is 0.390 e. The molecule has 3 nitrogen and oxygen atoms in total. The highest BCUT2D eigenvalue weighted by Gasteiger charge is 2.30. The van der Waals surface area contributed by atoms with Gasteiger partial charge in [-0.3, -0.25) is 0 Å². The standard InChI is InChI=1S/C14H26O3/c1-11-12(7-9-15)5-4-6-13(11)17-10-8-14(2,3)16/h9,11-13,16H,4-8,10H2,1-3H3/t11-,12-,13-/m0/s1. The first-order chi connectivity index (χ1) is 7.94. The van der Waals surface area contributed by atoms with Gasteiger partial charge >= 0.3 is 0 Å². The van der Waals surface area contributed by atoms with Crippen LogP contribution >= 0.6 is 0 Å². The lowest BCUT2D eigenvalue weighted by atomic mass is 9.77. The van der Waals surface area contributed by atoms with Crippen molar-refractivity contribution in [3.05, 3.63) is 0 Å². The molecular formula is C14H26O3. The second-order valence-electron chi connectivity index (χ2n) is 5.92. The van der Waals surface area contributed by atoms with Crippen LogP contribution in [0.1, 0.15) is 52.9 Å². The fraction of sp³-hybridized carbons (Fsp3) is 0.929. The van der Waals surface area contributed by atoms with Crippen molar-refractivity contribution < 1.29 is 14.6 Å². The van der Waals surface area contributed by atoms with E-state index in [1.165, 1.54) is 0 Å². The van der Waals surface area contributed by atoms with Crippen LogP contribution in [0.15, 0.2) is 0 Å². The Hall–Kier alpha value is -0.410. The number of hydrogen-bond acceptors (Lipinski definition) is 3. The Kier molecular flexibility index (Phi) is 5.60. The lowest BCUT2D eigenvalue weighted by molar-refractivity contribution is -0.110. The van der Waals surface area contributed by atoms with E-state index < -0.39 is 5.60 Å². The Bertz CT molecular complexity index is 232. The average molecular weight is 242 g/mol. The van der Waals surface area contributed by atoms with E-state index in [0.29, 0.717) is 31.3 Å². The molecule has 17 heavy (non-hydrogen) atoms. The molecule has 1 rings (SSSR count). The maximum atomic E-state index is 10.6. The van der Waals surface area contributed by atoms with Crippen LogP contribution in [0, 0.1) is 11.8 Å². The molecule has 0 aromatic heterocycles. The zero-order valence-electron chi connectivity index (χ0n) is 11.3. The number of aliphatic hydroxyl groups is 1. The summed E-state index contributed by atoms with van der Waals surface area (Å²) >= 11 is 0. The minimum Gasteiger partial charge on any atom is -0.390 e. The summed E-state index contributed by atoms with van der Waals surface area (Å²) in [5.41, 5.74) is -0.653. The van der Waals surface area contributed by atoms with Crippen LogP contribution < -0.4 is 0 Å². The zero-order chi connectivity index (χ0) is 12.9. The smallest absolute Gasteiger partial charge is 0.120 e. The van der Waals surface area contributed by atoms with Gasteiger partial charge in [0.15, 0.2) is 0 Å². The van der Waals surface area contributed by atoms with E-state index in [1.807, 2.05) is 0 Å². The molecule has 1 saturated carbocycles. The third-order valence-corrected chi connectivity index (χ3v) is 3.84. The maximum Gasteiger partial charge on any atom is 0.120 e. The summed E-state index contributed by atoms with van der Waals surface area (Å²) in [4.78, 5) is 10.6. The second-order valence-corrected chi connectivity index (χ2v) is 5.92. The molecule has 0 aromatic rings. The van der Waals surface area contributed by atoms with Gasteiger partial charge in [0.05, 0.1) is 11.7 Å². The number of aldehydes is 1. The van der Waals surface area contributed by atoms with Crippen molar-refractivity contribution in [2.75, 3.05) is 6.61 Å². The lowest BCUT2D eigenvalue weighted by Crippen LogP contribution is -2.34. The minimum atomic E-state index is -0.653. The van der Waals surface area contributed by atoms with E-state index in [1.54, 1.807) is 13.8 Å². The molecule has 0 bridgehead atoms. The van der Waals surface area contributed by atoms with Gasteiger partial charge in [-0.05, 0) is 44.9 Å². The second kappa shape index (κ2) is 6.50. The van der Waals surface area contributed by atoms with Crippen LogP contribution in [0.25, 0.3) is 0 Å². The summed E-state index contributed by atoms with van der Waals surface area (Å²) in [6, 6.07) is 0. The molecule has 100 valence electrons. The van der Waals surface area contributed by atoms with Crippen molar-refractivity contribution in [3.8, 4) is 0 Å². The number of carbonyl (C=O) groups is 1. The molecule has 0 saturated heterocycles. The number of rotatable bonds is 6. The van der Waals surface area contributed by atoms with Gasteiger partial charge in [-0.1, -0.05) is 13.3 Å². The molecule has 1 aliphatic rings. The van der Waals surface area contributed by atoms with Gasteiger partial charge in [-0.2, -0.15) is 0 Å². The molecule has 3 heteroatoms. The van der Waals surface area contributed by atoms with E-state index in [2.05, 4.69) is 6.92 Å². The van der Waals surface area contributed by atoms with Crippen LogP contribution in [-0.2, 0) is 9.53 Å². The highest BCUT2D eigenvalue weighted by molar-refractivity contribution is 5.49. The summed E-state index contributed by atoms with van der Waals surface area (Å²) in [7, 11) is 0. The SMILES string of the molecule is C[C@H]1[C@H](CC=O)CCC[C@@H]1OCCC(C)(C)O. The topological polar surface area (TPSA) is 46.5 Å². The van der Waals surface area contributed by atoms with Crippen molar-refractivity contribution in [1.29, 1.82) is 0 Å². The van der Waals surface area contributed by atoms with Gasteiger partial charge in [0, 0.05) is 13.0 Å². The van der Waals surface area contributed by atoms with Crippen LogP contribution in [0.3, 0.4) is 0 Å². The van der Waals surface area contributed by atoms with Gasteiger partial charge in [0.25, 0.3) is 0 Å². The summed E-state index contributed by atoms with van der Waals surface area (Å²) in [5, 5.41) is 9.62. The number of hydrogen-bond donors (Lipinski definition) is 1. The van der Waals surface area contributed by atoms with Gasteiger partial charge in [-0.25, -0.2) is 0 Å². The highest BCUT2D eigenvalue weighted by Crippen LogP contribution is 2.33. The van der Waals surface area contributed by atoms with Crippen molar-refractivity contribution in [1.82, 2.24) is 0 Å². The van der Waals surface area contributed by atoms with Crippen LogP contribution in [0.4, 0.5) is 0 Å². The molecule has 1 fully saturated rings. The van der Waals surface area contributed by atoms with E-state index in [-0.39, 0.29) is 6.10 Å². The number of ether oxygens (including phenoxy) is 1. The summed E-state index contributed by atoms with van der Waals surface area (Å²) < 4.78 is 5.87. The third kappa shape index (κ3) is 5.17. The monoisotopic (exact) mass is 242 g/mol. The van der Waals surface area contributed by atoms with E-state index in [4.69, 9.17) is 4.74 Å². The van der Waals surface area contributed by atoms with E-state index >= 15 is 0 Å². The first-order valence-electron chi connectivity index (χ1n) is 6.71. The van der Waals surface area contributed by atoms with Crippen molar-refractivity contribution >= 4 is 6.29 Å². The Labute approximate surface area is 105 Å². The molecule has 0 spiro atoms.